The van der Waals surface area contributed by atoms with Crippen LogP contribution in [0.3, 0.4) is 0 Å². The van der Waals surface area contributed by atoms with Gasteiger partial charge in [0.2, 0.25) is 0 Å². The van der Waals surface area contributed by atoms with Crippen LogP contribution in [-0.2, 0) is 4.74 Å². The van der Waals surface area contributed by atoms with Crippen molar-refractivity contribution in [3.8, 4) is 0 Å². The molecular weight excluding hydrogens is 296 g/mol. The Balaban J connectivity index is 1.67. The molecule has 1 aliphatic rings. The molecule has 1 aliphatic heterocycles. The van der Waals surface area contributed by atoms with Gasteiger partial charge in [0.15, 0.2) is 5.76 Å². The van der Waals surface area contributed by atoms with E-state index in [9.17, 15) is 9.59 Å². The van der Waals surface area contributed by atoms with Crippen molar-refractivity contribution >= 4 is 17.5 Å². The van der Waals surface area contributed by atoms with Crippen LogP contribution in [0.2, 0.25) is 0 Å². The molecule has 0 unspecified atom stereocenters. The monoisotopic (exact) mass is 314 g/mol. The lowest BCUT2D eigenvalue weighted by Gasteiger charge is -2.13. The predicted molar refractivity (Wildman–Crippen MR) is 84.4 cm³/mol. The van der Waals surface area contributed by atoms with Crippen LogP contribution in [0.25, 0.3) is 0 Å². The van der Waals surface area contributed by atoms with E-state index in [2.05, 4.69) is 10.6 Å². The standard InChI is InChI=1S/C17H18N2O4/c20-16(18-11-12-5-3-9-22-12)13-6-1-2-7-14(13)19-17(21)15-8-4-10-23-15/h1-2,4,6-8,10,12H,3,5,9,11H2,(H,18,20)(H,19,21)/t12-/m0/s1. The number of amides is 2. The lowest BCUT2D eigenvalue weighted by atomic mass is 10.1. The number of ether oxygens (including phenoxy) is 1. The summed E-state index contributed by atoms with van der Waals surface area (Å²) in [6.07, 6.45) is 3.48. The number of carbonyl (C=O) groups excluding carboxylic acids is 2. The number of carbonyl (C=O) groups is 2. The highest BCUT2D eigenvalue weighted by Crippen LogP contribution is 2.17. The van der Waals surface area contributed by atoms with Crippen LogP contribution < -0.4 is 10.6 Å². The van der Waals surface area contributed by atoms with E-state index in [0.717, 1.165) is 19.4 Å². The molecule has 1 fully saturated rings. The molecule has 2 amide bonds. The second-order valence-electron chi connectivity index (χ2n) is 5.32. The van der Waals surface area contributed by atoms with Crippen LogP contribution in [0.15, 0.2) is 47.1 Å². The number of nitrogens with one attached hydrogen (secondary N) is 2. The second kappa shape index (κ2) is 7.11. The van der Waals surface area contributed by atoms with Crippen molar-refractivity contribution in [2.75, 3.05) is 18.5 Å². The third kappa shape index (κ3) is 3.78. The zero-order valence-electron chi connectivity index (χ0n) is 12.6. The third-order valence-electron chi connectivity index (χ3n) is 3.68. The first kappa shape index (κ1) is 15.3. The van der Waals surface area contributed by atoms with Crippen LogP contribution in [0.5, 0.6) is 0 Å². The van der Waals surface area contributed by atoms with E-state index in [1.807, 2.05) is 0 Å². The fourth-order valence-corrected chi connectivity index (χ4v) is 2.49. The first-order valence-electron chi connectivity index (χ1n) is 7.58. The van der Waals surface area contributed by atoms with E-state index in [1.165, 1.54) is 6.26 Å². The minimum absolute atomic E-state index is 0.0730. The highest BCUT2D eigenvalue weighted by Gasteiger charge is 2.19. The van der Waals surface area contributed by atoms with Gasteiger partial charge in [-0.05, 0) is 37.1 Å². The highest BCUT2D eigenvalue weighted by molar-refractivity contribution is 6.07. The zero-order valence-corrected chi connectivity index (χ0v) is 12.6. The van der Waals surface area contributed by atoms with Crippen molar-refractivity contribution in [1.82, 2.24) is 5.32 Å². The van der Waals surface area contributed by atoms with Crippen LogP contribution in [-0.4, -0.2) is 31.1 Å². The van der Waals surface area contributed by atoms with Gasteiger partial charge in [0.05, 0.1) is 23.6 Å². The predicted octanol–water partition coefficient (Wildman–Crippen LogP) is 2.44. The molecular formula is C17H18N2O4. The summed E-state index contributed by atoms with van der Waals surface area (Å²) in [5, 5.41) is 5.55. The largest absolute Gasteiger partial charge is 0.459 e. The van der Waals surface area contributed by atoms with Crippen molar-refractivity contribution in [1.29, 1.82) is 0 Å². The van der Waals surface area contributed by atoms with Crippen LogP contribution in [0.4, 0.5) is 5.69 Å². The Morgan fingerprint density at radius 1 is 1.13 bits per heavy atom. The Hall–Kier alpha value is -2.60. The Morgan fingerprint density at radius 3 is 2.74 bits per heavy atom. The summed E-state index contributed by atoms with van der Waals surface area (Å²) in [6, 6.07) is 10.1. The average molecular weight is 314 g/mol. The van der Waals surface area contributed by atoms with E-state index in [0.29, 0.717) is 17.8 Å². The highest BCUT2D eigenvalue weighted by atomic mass is 16.5. The molecule has 6 heteroatoms. The SMILES string of the molecule is O=C(Nc1ccccc1C(=O)NC[C@@H]1CCCO1)c1ccco1. The third-order valence-corrected chi connectivity index (χ3v) is 3.68. The molecule has 2 N–H and O–H groups in total. The van der Waals surface area contributed by atoms with Gasteiger partial charge < -0.3 is 19.8 Å². The first-order chi connectivity index (χ1) is 11.2. The maximum atomic E-state index is 12.3. The van der Waals surface area contributed by atoms with Gasteiger partial charge in [0.1, 0.15) is 0 Å². The quantitative estimate of drug-likeness (QED) is 0.888. The summed E-state index contributed by atoms with van der Waals surface area (Å²) < 4.78 is 10.5. The molecule has 2 heterocycles. The van der Waals surface area contributed by atoms with E-state index in [1.54, 1.807) is 36.4 Å². The Labute approximate surface area is 133 Å². The number of para-hydroxylation sites is 1. The summed E-state index contributed by atoms with van der Waals surface area (Å²) >= 11 is 0. The lowest BCUT2D eigenvalue weighted by molar-refractivity contribution is 0.0858. The van der Waals surface area contributed by atoms with Crippen molar-refractivity contribution in [2.24, 2.45) is 0 Å². The zero-order chi connectivity index (χ0) is 16.1. The van der Waals surface area contributed by atoms with Gasteiger partial charge in [-0.15, -0.1) is 0 Å². The van der Waals surface area contributed by atoms with Crippen molar-refractivity contribution in [3.05, 3.63) is 54.0 Å². The molecule has 0 saturated carbocycles. The molecule has 2 aromatic rings. The molecule has 1 atom stereocenters. The number of hydrogen-bond donors (Lipinski definition) is 2. The summed E-state index contributed by atoms with van der Waals surface area (Å²) in [7, 11) is 0. The smallest absolute Gasteiger partial charge is 0.291 e. The van der Waals surface area contributed by atoms with Gasteiger partial charge in [0.25, 0.3) is 11.8 Å². The Morgan fingerprint density at radius 2 is 2.00 bits per heavy atom. The van der Waals surface area contributed by atoms with E-state index in [-0.39, 0.29) is 17.8 Å². The summed E-state index contributed by atoms with van der Waals surface area (Å²) in [6.45, 7) is 1.22. The molecule has 1 saturated heterocycles. The lowest BCUT2D eigenvalue weighted by Crippen LogP contribution is -2.32. The summed E-state index contributed by atoms with van der Waals surface area (Å²) in [5.74, 6) is -0.440. The number of hydrogen-bond acceptors (Lipinski definition) is 4. The minimum Gasteiger partial charge on any atom is -0.459 e. The molecule has 0 radical (unpaired) electrons. The number of anilines is 1. The fraction of sp³-hybridized carbons (Fsp3) is 0.294. The number of benzene rings is 1. The van der Waals surface area contributed by atoms with Gasteiger partial charge in [-0.1, -0.05) is 12.1 Å². The number of rotatable bonds is 5. The van der Waals surface area contributed by atoms with E-state index >= 15 is 0 Å². The molecule has 3 rings (SSSR count). The average Bonchev–Trinajstić information content (AvgIpc) is 3.26. The van der Waals surface area contributed by atoms with Gasteiger partial charge >= 0.3 is 0 Å². The summed E-state index contributed by atoms with van der Waals surface area (Å²) in [4.78, 5) is 24.4. The van der Waals surface area contributed by atoms with Gasteiger partial charge in [-0.25, -0.2) is 0 Å². The Bertz CT molecular complexity index is 676. The van der Waals surface area contributed by atoms with Crippen LogP contribution in [0, 0.1) is 0 Å². The molecule has 0 spiro atoms. The fourth-order valence-electron chi connectivity index (χ4n) is 2.49. The van der Waals surface area contributed by atoms with Gasteiger partial charge in [-0.3, -0.25) is 9.59 Å². The molecule has 6 nitrogen and oxygen atoms in total. The van der Waals surface area contributed by atoms with Crippen molar-refractivity contribution in [3.63, 3.8) is 0 Å². The van der Waals surface area contributed by atoms with Crippen molar-refractivity contribution < 1.29 is 18.7 Å². The van der Waals surface area contributed by atoms with Gasteiger partial charge in [-0.2, -0.15) is 0 Å². The van der Waals surface area contributed by atoms with E-state index in [4.69, 9.17) is 9.15 Å². The molecule has 23 heavy (non-hydrogen) atoms. The molecule has 1 aromatic carbocycles. The molecule has 120 valence electrons. The normalized spacial score (nSPS) is 17.0. The summed E-state index contributed by atoms with van der Waals surface area (Å²) in [5.41, 5.74) is 0.851. The topological polar surface area (TPSA) is 80.6 Å². The Kier molecular flexibility index (Phi) is 4.73. The van der Waals surface area contributed by atoms with Crippen LogP contribution in [0.1, 0.15) is 33.8 Å². The molecule has 1 aromatic heterocycles. The maximum Gasteiger partial charge on any atom is 0.291 e. The second-order valence-corrected chi connectivity index (χ2v) is 5.32. The van der Waals surface area contributed by atoms with Crippen LogP contribution >= 0.6 is 0 Å². The number of furan rings is 1. The first-order valence-corrected chi connectivity index (χ1v) is 7.58. The minimum atomic E-state index is -0.394. The van der Waals surface area contributed by atoms with Gasteiger partial charge in [0, 0.05) is 13.2 Å². The maximum absolute atomic E-state index is 12.3. The van der Waals surface area contributed by atoms with E-state index < -0.39 is 5.91 Å². The molecule has 0 bridgehead atoms. The van der Waals surface area contributed by atoms with Crippen molar-refractivity contribution in [2.45, 2.75) is 18.9 Å². The molecule has 0 aliphatic carbocycles.